The lowest BCUT2D eigenvalue weighted by Gasteiger charge is -2.39. The van der Waals surface area contributed by atoms with Crippen molar-refractivity contribution in [3.63, 3.8) is 0 Å². The molecule has 0 aromatic heterocycles. The third kappa shape index (κ3) is 3.42. The lowest BCUT2D eigenvalue weighted by molar-refractivity contribution is -0.154. The Bertz CT molecular complexity index is 623. The molecular weight excluding hydrogens is 308 g/mol. The molecule has 2 aliphatic rings. The molecule has 0 unspecified atom stereocenters. The van der Waals surface area contributed by atoms with Crippen molar-refractivity contribution < 1.29 is 19.5 Å². The van der Waals surface area contributed by atoms with E-state index >= 15 is 0 Å². The number of aliphatic carboxylic acids is 1. The zero-order chi connectivity index (χ0) is 17.1. The molecule has 6 heteroatoms. The number of Topliss-reactive ketones (excluding diaryl/α,β-unsaturated/α-hetero) is 1. The van der Waals surface area contributed by atoms with Gasteiger partial charge in [0, 0.05) is 44.7 Å². The van der Waals surface area contributed by atoms with Crippen LogP contribution in [0.2, 0.25) is 0 Å². The highest BCUT2D eigenvalue weighted by Gasteiger charge is 2.41. The van der Waals surface area contributed by atoms with Crippen LogP contribution >= 0.6 is 0 Å². The molecule has 1 saturated carbocycles. The van der Waals surface area contributed by atoms with Gasteiger partial charge in [-0.05, 0) is 18.6 Å². The summed E-state index contributed by atoms with van der Waals surface area (Å²) < 4.78 is 0. The lowest BCUT2D eigenvalue weighted by Crippen LogP contribution is -2.52. The Labute approximate surface area is 141 Å². The van der Waals surface area contributed by atoms with E-state index in [0.29, 0.717) is 25.9 Å². The van der Waals surface area contributed by atoms with Crippen molar-refractivity contribution in [3.8, 4) is 0 Å². The third-order valence-corrected chi connectivity index (χ3v) is 5.01. The van der Waals surface area contributed by atoms with Crippen molar-refractivity contribution in [3.05, 3.63) is 30.3 Å². The molecule has 1 amide bonds. The van der Waals surface area contributed by atoms with Gasteiger partial charge in [0.2, 0.25) is 5.91 Å². The van der Waals surface area contributed by atoms with Crippen LogP contribution in [0.3, 0.4) is 0 Å². The van der Waals surface area contributed by atoms with E-state index in [1.165, 1.54) is 0 Å². The fourth-order valence-corrected chi connectivity index (χ4v) is 3.62. The predicted molar refractivity (Wildman–Crippen MR) is 88.7 cm³/mol. The molecule has 0 radical (unpaired) electrons. The molecule has 1 aliphatic heterocycles. The van der Waals surface area contributed by atoms with Crippen LogP contribution in [-0.2, 0) is 14.4 Å². The van der Waals surface area contributed by atoms with E-state index in [9.17, 15) is 19.5 Å². The van der Waals surface area contributed by atoms with E-state index in [1.54, 1.807) is 4.90 Å². The Hall–Kier alpha value is -2.37. The number of nitrogens with zero attached hydrogens (tertiary/aromatic N) is 2. The van der Waals surface area contributed by atoms with E-state index in [1.807, 2.05) is 30.3 Å². The van der Waals surface area contributed by atoms with Gasteiger partial charge in [-0.15, -0.1) is 0 Å². The molecule has 0 spiro atoms. The number of hydrogen-bond acceptors (Lipinski definition) is 4. The highest BCUT2D eigenvalue weighted by atomic mass is 16.4. The molecule has 1 heterocycles. The first-order valence-electron chi connectivity index (χ1n) is 8.39. The third-order valence-electron chi connectivity index (χ3n) is 5.01. The number of carbonyl (C=O) groups excluding carboxylic acids is 2. The lowest BCUT2D eigenvalue weighted by atomic mass is 9.77. The first-order valence-corrected chi connectivity index (χ1v) is 8.39. The summed E-state index contributed by atoms with van der Waals surface area (Å²) in [5.74, 6) is -2.64. The number of carbonyl (C=O) groups is 3. The molecule has 1 saturated heterocycles. The summed E-state index contributed by atoms with van der Waals surface area (Å²) in [6.45, 7) is 2.65. The number of ketones is 1. The van der Waals surface area contributed by atoms with Crippen molar-refractivity contribution in [2.24, 2.45) is 11.8 Å². The van der Waals surface area contributed by atoms with Gasteiger partial charge in [-0.25, -0.2) is 0 Å². The van der Waals surface area contributed by atoms with E-state index in [-0.39, 0.29) is 18.1 Å². The van der Waals surface area contributed by atoms with Gasteiger partial charge in [0.25, 0.3) is 0 Å². The molecular formula is C18H22N2O4. The maximum Gasteiger partial charge on any atom is 0.307 e. The van der Waals surface area contributed by atoms with Gasteiger partial charge in [0.05, 0.1) is 11.8 Å². The molecule has 1 aromatic rings. The summed E-state index contributed by atoms with van der Waals surface area (Å²) in [6.07, 6.45) is 0.646. The number of carboxylic acid groups (broad SMARTS) is 1. The summed E-state index contributed by atoms with van der Waals surface area (Å²) in [4.78, 5) is 39.7. The number of anilines is 1. The maximum absolute atomic E-state index is 12.8. The molecule has 1 aromatic carbocycles. The number of rotatable bonds is 3. The molecule has 2 fully saturated rings. The fraction of sp³-hybridized carbons (Fsp3) is 0.500. The second-order valence-electron chi connectivity index (χ2n) is 6.48. The van der Waals surface area contributed by atoms with Crippen molar-refractivity contribution in [2.75, 3.05) is 31.1 Å². The van der Waals surface area contributed by atoms with Crippen molar-refractivity contribution in [2.45, 2.75) is 19.3 Å². The molecule has 0 bridgehead atoms. The van der Waals surface area contributed by atoms with Crippen LogP contribution in [0.25, 0.3) is 0 Å². The highest BCUT2D eigenvalue weighted by molar-refractivity contribution is 5.91. The van der Waals surface area contributed by atoms with Gasteiger partial charge < -0.3 is 14.9 Å². The average molecular weight is 330 g/mol. The highest BCUT2D eigenvalue weighted by Crippen LogP contribution is 2.30. The molecule has 128 valence electrons. The Morgan fingerprint density at radius 1 is 1.00 bits per heavy atom. The van der Waals surface area contributed by atoms with Gasteiger partial charge >= 0.3 is 5.97 Å². The standard InChI is InChI=1S/C18H22N2O4/c21-14-6-7-15(16(12-14)18(23)24)17(22)20-10-8-19(9-11-20)13-4-2-1-3-5-13/h1-5,15-16H,6-12H2,(H,23,24)/t15-,16-/m0/s1. The number of hydrogen-bond donors (Lipinski definition) is 1. The second-order valence-corrected chi connectivity index (χ2v) is 6.48. The maximum atomic E-state index is 12.8. The van der Waals surface area contributed by atoms with Gasteiger partial charge in [-0.2, -0.15) is 0 Å². The minimum absolute atomic E-state index is 0.0181. The summed E-state index contributed by atoms with van der Waals surface area (Å²) in [7, 11) is 0. The molecule has 3 rings (SSSR count). The largest absolute Gasteiger partial charge is 0.481 e. The van der Waals surface area contributed by atoms with Crippen LogP contribution < -0.4 is 4.90 Å². The Morgan fingerprint density at radius 3 is 2.29 bits per heavy atom. The van der Waals surface area contributed by atoms with Crippen molar-refractivity contribution in [1.82, 2.24) is 4.90 Å². The minimum Gasteiger partial charge on any atom is -0.481 e. The van der Waals surface area contributed by atoms with Crippen molar-refractivity contribution >= 4 is 23.3 Å². The van der Waals surface area contributed by atoms with Gasteiger partial charge in [0.1, 0.15) is 5.78 Å². The fourth-order valence-electron chi connectivity index (χ4n) is 3.62. The quantitative estimate of drug-likeness (QED) is 0.906. The summed E-state index contributed by atoms with van der Waals surface area (Å²) >= 11 is 0. The molecule has 6 nitrogen and oxygen atoms in total. The van der Waals surface area contributed by atoms with Crippen molar-refractivity contribution in [1.29, 1.82) is 0 Å². The number of para-hydroxylation sites is 1. The van der Waals surface area contributed by atoms with Gasteiger partial charge in [-0.3, -0.25) is 14.4 Å². The summed E-state index contributed by atoms with van der Waals surface area (Å²) in [5, 5.41) is 9.33. The summed E-state index contributed by atoms with van der Waals surface area (Å²) in [6, 6.07) is 10.0. The minimum atomic E-state index is -1.04. The van der Waals surface area contributed by atoms with E-state index in [2.05, 4.69) is 4.90 Å². The molecule has 24 heavy (non-hydrogen) atoms. The Balaban J connectivity index is 1.62. The van der Waals surface area contributed by atoms with Crippen LogP contribution in [0.5, 0.6) is 0 Å². The smallest absolute Gasteiger partial charge is 0.307 e. The van der Waals surface area contributed by atoms with Crippen LogP contribution in [0, 0.1) is 11.8 Å². The predicted octanol–water partition coefficient (Wildman–Crippen LogP) is 1.41. The van der Waals surface area contributed by atoms with E-state index in [4.69, 9.17) is 0 Å². The topological polar surface area (TPSA) is 77.9 Å². The number of piperazine rings is 1. The Morgan fingerprint density at radius 2 is 1.67 bits per heavy atom. The number of carboxylic acids is 1. The molecule has 2 atom stereocenters. The Kier molecular flexibility index (Phi) is 4.83. The van der Waals surface area contributed by atoms with Crippen LogP contribution in [0.15, 0.2) is 30.3 Å². The van der Waals surface area contributed by atoms with Crippen LogP contribution in [-0.4, -0.2) is 53.8 Å². The van der Waals surface area contributed by atoms with Gasteiger partial charge in [-0.1, -0.05) is 18.2 Å². The summed E-state index contributed by atoms with van der Waals surface area (Å²) in [5.41, 5.74) is 1.14. The van der Waals surface area contributed by atoms with Crippen LogP contribution in [0.1, 0.15) is 19.3 Å². The first-order chi connectivity index (χ1) is 11.6. The normalized spacial score (nSPS) is 24.8. The van der Waals surface area contributed by atoms with Crippen LogP contribution in [0.4, 0.5) is 5.69 Å². The number of amides is 1. The molecule has 1 aliphatic carbocycles. The molecule has 1 N–H and O–H groups in total. The zero-order valence-corrected chi connectivity index (χ0v) is 13.6. The second kappa shape index (κ2) is 7.03. The zero-order valence-electron chi connectivity index (χ0n) is 13.6. The van der Waals surface area contributed by atoms with E-state index < -0.39 is 17.8 Å². The first kappa shape index (κ1) is 16.5. The monoisotopic (exact) mass is 330 g/mol. The average Bonchev–Trinajstić information content (AvgIpc) is 2.62. The SMILES string of the molecule is O=C1CC[C@H](C(=O)N2CCN(c3ccccc3)CC2)[C@@H](C(=O)O)C1. The number of benzene rings is 1. The van der Waals surface area contributed by atoms with E-state index in [0.717, 1.165) is 18.8 Å². The van der Waals surface area contributed by atoms with Gasteiger partial charge in [0.15, 0.2) is 0 Å².